The van der Waals surface area contributed by atoms with E-state index >= 15 is 0 Å². The topological polar surface area (TPSA) is 30.0 Å². The van der Waals surface area contributed by atoms with E-state index in [4.69, 9.17) is 11.6 Å². The lowest BCUT2D eigenvalue weighted by molar-refractivity contribution is 0.112. The number of pyridine rings is 1. The van der Waals surface area contributed by atoms with Crippen LogP contribution in [-0.4, -0.2) is 11.3 Å². The summed E-state index contributed by atoms with van der Waals surface area (Å²) in [6, 6.07) is 7.27. The minimum absolute atomic E-state index is 0.628. The molecule has 76 valence electrons. The molecule has 0 aromatic carbocycles. The normalized spacial score (nSPS) is 10.2. The summed E-state index contributed by atoms with van der Waals surface area (Å²) in [5.74, 6) is 0. The molecule has 0 spiro atoms. The first-order chi connectivity index (χ1) is 7.29. The third kappa shape index (κ3) is 2.59. The van der Waals surface area contributed by atoms with Gasteiger partial charge in [0.15, 0.2) is 6.29 Å². The molecular weight excluding hydrogens is 250 g/mol. The number of rotatable bonds is 3. The molecule has 0 N–H and O–H groups in total. The molecule has 2 rings (SSSR count). The lowest BCUT2D eigenvalue weighted by Gasteiger charge is -1.98. The summed E-state index contributed by atoms with van der Waals surface area (Å²) in [6.07, 6.45) is 2.54. The third-order valence-electron chi connectivity index (χ3n) is 1.64. The van der Waals surface area contributed by atoms with Gasteiger partial charge in [-0.25, -0.2) is 4.98 Å². The van der Waals surface area contributed by atoms with E-state index in [1.165, 1.54) is 23.1 Å². The van der Waals surface area contributed by atoms with Crippen LogP contribution >= 0.6 is 34.7 Å². The molecule has 2 aromatic heterocycles. The molecule has 0 radical (unpaired) electrons. The SMILES string of the molecule is O=Cc1ccc(Sc2ncccc2Cl)s1. The van der Waals surface area contributed by atoms with Crippen LogP contribution < -0.4 is 0 Å². The first-order valence-electron chi connectivity index (χ1n) is 4.13. The summed E-state index contributed by atoms with van der Waals surface area (Å²) in [5.41, 5.74) is 0. The van der Waals surface area contributed by atoms with Gasteiger partial charge in [-0.3, -0.25) is 4.79 Å². The van der Waals surface area contributed by atoms with Gasteiger partial charge in [-0.2, -0.15) is 0 Å². The maximum absolute atomic E-state index is 10.5. The first-order valence-corrected chi connectivity index (χ1v) is 6.14. The smallest absolute Gasteiger partial charge is 0.160 e. The summed E-state index contributed by atoms with van der Waals surface area (Å²) in [5, 5.41) is 1.39. The Morgan fingerprint density at radius 2 is 2.27 bits per heavy atom. The van der Waals surface area contributed by atoms with Crippen molar-refractivity contribution in [1.82, 2.24) is 4.98 Å². The Hall–Kier alpha value is -0.840. The van der Waals surface area contributed by atoms with Crippen molar-refractivity contribution in [2.24, 2.45) is 0 Å². The van der Waals surface area contributed by atoms with E-state index in [2.05, 4.69) is 4.98 Å². The van der Waals surface area contributed by atoms with Gasteiger partial charge in [0.1, 0.15) is 5.03 Å². The van der Waals surface area contributed by atoms with E-state index in [-0.39, 0.29) is 0 Å². The lowest BCUT2D eigenvalue weighted by Crippen LogP contribution is -1.77. The predicted molar refractivity (Wildman–Crippen MR) is 63.1 cm³/mol. The number of hydrogen-bond donors (Lipinski definition) is 0. The zero-order valence-electron chi connectivity index (χ0n) is 7.51. The Balaban J connectivity index is 2.22. The van der Waals surface area contributed by atoms with Crippen molar-refractivity contribution in [3.63, 3.8) is 0 Å². The summed E-state index contributed by atoms with van der Waals surface area (Å²) >= 11 is 8.87. The van der Waals surface area contributed by atoms with Crippen LogP contribution in [0.15, 0.2) is 39.7 Å². The van der Waals surface area contributed by atoms with Gasteiger partial charge in [-0.05, 0) is 24.3 Å². The molecule has 15 heavy (non-hydrogen) atoms. The van der Waals surface area contributed by atoms with Crippen LogP contribution in [-0.2, 0) is 0 Å². The molecule has 0 aliphatic rings. The number of halogens is 1. The predicted octanol–water partition coefficient (Wildman–Crippen LogP) is 3.76. The van der Waals surface area contributed by atoms with E-state index in [1.807, 2.05) is 6.07 Å². The highest BCUT2D eigenvalue weighted by molar-refractivity contribution is 8.01. The van der Waals surface area contributed by atoms with Gasteiger partial charge in [0.2, 0.25) is 0 Å². The largest absolute Gasteiger partial charge is 0.297 e. The molecule has 0 aliphatic heterocycles. The average molecular weight is 256 g/mol. The highest BCUT2D eigenvalue weighted by atomic mass is 35.5. The van der Waals surface area contributed by atoms with Crippen molar-refractivity contribution >= 4 is 41.0 Å². The van der Waals surface area contributed by atoms with Gasteiger partial charge >= 0.3 is 0 Å². The Morgan fingerprint density at radius 1 is 1.40 bits per heavy atom. The molecule has 0 amide bonds. The number of nitrogens with zero attached hydrogens (tertiary/aromatic N) is 1. The van der Waals surface area contributed by atoms with Crippen molar-refractivity contribution in [1.29, 1.82) is 0 Å². The fourth-order valence-electron chi connectivity index (χ4n) is 0.994. The number of aromatic nitrogens is 1. The minimum Gasteiger partial charge on any atom is -0.297 e. The average Bonchev–Trinajstić information content (AvgIpc) is 2.69. The number of hydrogen-bond acceptors (Lipinski definition) is 4. The highest BCUT2D eigenvalue weighted by Crippen LogP contribution is 2.35. The fraction of sp³-hybridized carbons (Fsp3) is 0. The molecule has 0 aliphatic carbocycles. The standard InChI is InChI=1S/C10H6ClNOS2/c11-8-2-1-5-12-10(8)15-9-4-3-7(6-13)14-9/h1-6H. The molecule has 2 aromatic rings. The van der Waals surface area contributed by atoms with Gasteiger partial charge in [0.05, 0.1) is 14.1 Å². The number of carbonyl (C=O) groups is 1. The van der Waals surface area contributed by atoms with Crippen molar-refractivity contribution in [2.75, 3.05) is 0 Å². The van der Waals surface area contributed by atoms with E-state index in [0.29, 0.717) is 9.90 Å². The second-order valence-electron chi connectivity index (χ2n) is 2.67. The first kappa shape index (κ1) is 10.7. The van der Waals surface area contributed by atoms with Crippen LogP contribution in [0.25, 0.3) is 0 Å². The van der Waals surface area contributed by atoms with E-state index in [1.54, 1.807) is 24.4 Å². The second kappa shape index (κ2) is 4.79. The molecular formula is C10H6ClNOS2. The van der Waals surface area contributed by atoms with Gasteiger partial charge in [0.25, 0.3) is 0 Å². The van der Waals surface area contributed by atoms with Crippen LogP contribution in [0.2, 0.25) is 5.02 Å². The Bertz CT molecular complexity index is 484. The van der Waals surface area contributed by atoms with E-state index in [9.17, 15) is 4.79 Å². The van der Waals surface area contributed by atoms with Crippen molar-refractivity contribution in [2.45, 2.75) is 9.24 Å². The third-order valence-corrected chi connectivity index (χ3v) is 4.22. The van der Waals surface area contributed by atoms with Gasteiger partial charge in [-0.15, -0.1) is 11.3 Å². The Labute approximate surface area is 100 Å². The molecule has 5 heteroatoms. The van der Waals surface area contributed by atoms with E-state index < -0.39 is 0 Å². The van der Waals surface area contributed by atoms with Gasteiger partial charge < -0.3 is 0 Å². The van der Waals surface area contributed by atoms with Crippen LogP contribution in [0.1, 0.15) is 9.67 Å². The summed E-state index contributed by atoms with van der Waals surface area (Å²) in [6.45, 7) is 0. The molecule has 2 heterocycles. The fourth-order valence-corrected chi connectivity index (χ4v) is 3.08. The minimum atomic E-state index is 0.628. The molecule has 0 unspecified atom stereocenters. The van der Waals surface area contributed by atoms with Crippen LogP contribution in [0, 0.1) is 0 Å². The molecule has 0 bridgehead atoms. The van der Waals surface area contributed by atoms with Crippen LogP contribution in [0.3, 0.4) is 0 Å². The van der Waals surface area contributed by atoms with Crippen LogP contribution in [0.4, 0.5) is 0 Å². The lowest BCUT2D eigenvalue weighted by atomic mass is 10.5. The Kier molecular flexibility index (Phi) is 3.41. The van der Waals surface area contributed by atoms with Crippen molar-refractivity contribution in [3.8, 4) is 0 Å². The molecule has 0 saturated heterocycles. The molecule has 0 atom stereocenters. The number of thiophene rings is 1. The second-order valence-corrected chi connectivity index (χ2v) is 5.48. The molecule has 0 fully saturated rings. The summed E-state index contributed by atoms with van der Waals surface area (Å²) < 4.78 is 1.01. The maximum atomic E-state index is 10.5. The molecule has 0 saturated carbocycles. The molecule has 2 nitrogen and oxygen atoms in total. The van der Waals surface area contributed by atoms with E-state index in [0.717, 1.165) is 15.5 Å². The van der Waals surface area contributed by atoms with Crippen molar-refractivity contribution in [3.05, 3.63) is 40.4 Å². The quantitative estimate of drug-likeness (QED) is 0.783. The summed E-state index contributed by atoms with van der Waals surface area (Å²) in [4.78, 5) is 15.4. The zero-order valence-corrected chi connectivity index (χ0v) is 9.90. The monoisotopic (exact) mass is 255 g/mol. The van der Waals surface area contributed by atoms with Gasteiger partial charge in [0, 0.05) is 6.20 Å². The van der Waals surface area contributed by atoms with Crippen molar-refractivity contribution < 1.29 is 4.79 Å². The maximum Gasteiger partial charge on any atom is 0.160 e. The van der Waals surface area contributed by atoms with Gasteiger partial charge in [-0.1, -0.05) is 23.4 Å². The zero-order chi connectivity index (χ0) is 10.7. The number of carbonyl (C=O) groups excluding carboxylic acids is 1. The summed E-state index contributed by atoms with van der Waals surface area (Å²) in [7, 11) is 0. The highest BCUT2D eigenvalue weighted by Gasteiger charge is 2.05. The number of aldehydes is 1. The Morgan fingerprint density at radius 3 is 2.93 bits per heavy atom. The van der Waals surface area contributed by atoms with Crippen LogP contribution in [0.5, 0.6) is 0 Å².